The van der Waals surface area contributed by atoms with Crippen molar-refractivity contribution in [3.05, 3.63) is 39.9 Å². The van der Waals surface area contributed by atoms with E-state index >= 15 is 4.39 Å². The number of carbonyl (C=O) groups is 1. The van der Waals surface area contributed by atoms with Gasteiger partial charge in [0.25, 0.3) is 5.91 Å². The topological polar surface area (TPSA) is 91.7 Å². The Labute approximate surface area is 198 Å². The Bertz CT molecular complexity index is 1310. The monoisotopic (exact) mass is 490 g/mol. The number of amides is 1. The van der Waals surface area contributed by atoms with Crippen LogP contribution in [0.1, 0.15) is 49.5 Å². The fourth-order valence-electron chi connectivity index (χ4n) is 5.17. The second-order valence-corrected chi connectivity index (χ2v) is 12.3. The largest absolute Gasteiger partial charge is 0.367 e. The van der Waals surface area contributed by atoms with E-state index in [1.807, 2.05) is 9.47 Å². The Kier molecular flexibility index (Phi) is 5.71. The molecule has 0 bridgehead atoms. The van der Waals surface area contributed by atoms with Gasteiger partial charge in [-0.15, -0.1) is 0 Å². The Morgan fingerprint density at radius 3 is 2.50 bits per heavy atom. The van der Waals surface area contributed by atoms with Gasteiger partial charge in [-0.2, -0.15) is 0 Å². The molecule has 0 unspecified atom stereocenters. The summed E-state index contributed by atoms with van der Waals surface area (Å²) < 4.78 is 41.0. The zero-order valence-corrected chi connectivity index (χ0v) is 20.5. The Morgan fingerprint density at radius 2 is 1.91 bits per heavy atom. The van der Waals surface area contributed by atoms with Crippen molar-refractivity contribution in [1.82, 2.24) is 14.8 Å². The second kappa shape index (κ2) is 8.34. The first-order valence-electron chi connectivity index (χ1n) is 12.0. The van der Waals surface area contributed by atoms with E-state index in [-0.39, 0.29) is 28.5 Å². The number of nitrogens with one attached hydrogen (secondary N) is 1. The molecule has 5 rings (SSSR count). The number of fused-ring (bicyclic) bond motifs is 1. The maximum absolute atomic E-state index is 15.2. The molecule has 3 heterocycles. The van der Waals surface area contributed by atoms with Gasteiger partial charge in [-0.05, 0) is 44.9 Å². The molecule has 1 N–H and O–H groups in total. The number of rotatable bonds is 5. The van der Waals surface area contributed by atoms with Crippen LogP contribution in [0.25, 0.3) is 10.9 Å². The molecule has 184 valence electrons. The van der Waals surface area contributed by atoms with Gasteiger partial charge in [-0.25, -0.2) is 12.8 Å². The van der Waals surface area contributed by atoms with Crippen LogP contribution in [0.5, 0.6) is 0 Å². The molecule has 1 atom stereocenters. The summed E-state index contributed by atoms with van der Waals surface area (Å²) in [4.78, 5) is 30.8. The van der Waals surface area contributed by atoms with Gasteiger partial charge in [-0.3, -0.25) is 9.59 Å². The van der Waals surface area contributed by atoms with Crippen molar-refractivity contribution < 1.29 is 17.6 Å². The smallest absolute Gasteiger partial charge is 0.257 e. The molecule has 0 spiro atoms. The van der Waals surface area contributed by atoms with E-state index in [1.54, 1.807) is 19.2 Å². The molecular formula is C24H31FN4O4S. The predicted octanol–water partition coefficient (Wildman–Crippen LogP) is 1.92. The van der Waals surface area contributed by atoms with Crippen molar-refractivity contribution in [2.24, 2.45) is 0 Å². The number of pyridine rings is 1. The van der Waals surface area contributed by atoms with Gasteiger partial charge < -0.3 is 19.7 Å². The highest BCUT2D eigenvalue weighted by Gasteiger charge is 2.40. The third-order valence-corrected chi connectivity index (χ3v) is 9.27. The van der Waals surface area contributed by atoms with Gasteiger partial charge >= 0.3 is 0 Å². The van der Waals surface area contributed by atoms with E-state index in [4.69, 9.17) is 0 Å². The minimum atomic E-state index is -3.22. The molecule has 1 aromatic carbocycles. The van der Waals surface area contributed by atoms with E-state index in [0.717, 1.165) is 32.5 Å². The van der Waals surface area contributed by atoms with Gasteiger partial charge in [0.15, 0.2) is 9.84 Å². The number of halogens is 1. The molecule has 34 heavy (non-hydrogen) atoms. The molecular weight excluding hydrogens is 459 g/mol. The average Bonchev–Trinajstić information content (AvgIpc) is 3.59. The van der Waals surface area contributed by atoms with Crippen LogP contribution in [-0.2, 0) is 9.84 Å². The molecule has 1 aliphatic carbocycles. The van der Waals surface area contributed by atoms with E-state index < -0.39 is 32.5 Å². The van der Waals surface area contributed by atoms with Crippen molar-refractivity contribution in [1.29, 1.82) is 0 Å². The maximum Gasteiger partial charge on any atom is 0.257 e. The number of hydrogen-bond donors (Lipinski definition) is 1. The van der Waals surface area contributed by atoms with Crippen LogP contribution in [0.3, 0.4) is 0 Å². The minimum Gasteiger partial charge on any atom is -0.367 e. The third kappa shape index (κ3) is 4.33. The molecule has 0 radical (unpaired) electrons. The summed E-state index contributed by atoms with van der Waals surface area (Å²) in [5.41, 5.74) is -0.410. The highest BCUT2D eigenvalue weighted by atomic mass is 32.2. The third-order valence-electron chi connectivity index (χ3n) is 7.36. The highest BCUT2D eigenvalue weighted by molar-refractivity contribution is 7.91. The van der Waals surface area contributed by atoms with Gasteiger partial charge in [-0.1, -0.05) is 6.92 Å². The lowest BCUT2D eigenvalue weighted by atomic mass is 10.0. The minimum absolute atomic E-state index is 0.00824. The van der Waals surface area contributed by atoms with Crippen molar-refractivity contribution in [2.45, 2.75) is 44.7 Å². The summed E-state index contributed by atoms with van der Waals surface area (Å²) in [5, 5.41) is 2.95. The summed E-state index contributed by atoms with van der Waals surface area (Å²) in [7, 11) is -3.22. The fraction of sp³-hybridized carbons (Fsp3) is 0.583. The first-order chi connectivity index (χ1) is 16.1. The SMILES string of the molecule is CCN1CCN(c2cc3c(cc2F)c(=O)c(C(=O)N[C@]2(C)CCS(=O)(=O)C2)cn3C2CC2)CC1. The Morgan fingerprint density at radius 1 is 1.21 bits per heavy atom. The lowest BCUT2D eigenvalue weighted by molar-refractivity contribution is 0.0913. The van der Waals surface area contributed by atoms with Crippen LogP contribution in [0, 0.1) is 5.82 Å². The number of carbonyl (C=O) groups excluding carboxylic acids is 1. The summed E-state index contributed by atoms with van der Waals surface area (Å²) in [6.45, 7) is 7.90. The Hall–Kier alpha value is -2.46. The van der Waals surface area contributed by atoms with Crippen LogP contribution in [0.15, 0.2) is 23.1 Å². The number of nitrogens with zero attached hydrogens (tertiary/aromatic N) is 3. The van der Waals surface area contributed by atoms with Crippen molar-refractivity contribution >= 4 is 32.3 Å². The van der Waals surface area contributed by atoms with E-state index in [2.05, 4.69) is 17.1 Å². The number of anilines is 1. The molecule has 3 aliphatic rings. The summed E-state index contributed by atoms with van der Waals surface area (Å²) in [5.74, 6) is -1.22. The standard InChI is InChI=1S/C24H31FN4O4S/c1-3-27-7-9-28(10-8-27)21-13-20-17(12-19(21)25)22(30)18(14-29(20)16-4-5-16)23(31)26-24(2)6-11-34(32,33)15-24/h12-14,16H,3-11,15H2,1-2H3,(H,26,31)/t24-/m1/s1. The molecule has 2 aliphatic heterocycles. The molecule has 8 nitrogen and oxygen atoms in total. The number of piperazine rings is 1. The Balaban J connectivity index is 1.52. The number of likely N-dealkylation sites (N-methyl/N-ethyl adjacent to an activating group) is 1. The van der Waals surface area contributed by atoms with Gasteiger partial charge in [0.05, 0.1) is 28.2 Å². The first kappa shape index (κ1) is 23.3. The quantitative estimate of drug-likeness (QED) is 0.689. The normalized spacial score (nSPS) is 25.1. The van der Waals surface area contributed by atoms with E-state index in [1.165, 1.54) is 6.07 Å². The van der Waals surface area contributed by atoms with Crippen LogP contribution >= 0.6 is 0 Å². The second-order valence-electron chi connectivity index (χ2n) is 10.1. The number of sulfone groups is 1. The molecule has 2 aromatic rings. The molecule has 1 saturated carbocycles. The molecule has 3 fully saturated rings. The highest BCUT2D eigenvalue weighted by Crippen LogP contribution is 2.38. The van der Waals surface area contributed by atoms with Crippen LogP contribution in [-0.4, -0.2) is 73.6 Å². The zero-order valence-electron chi connectivity index (χ0n) is 19.6. The lowest BCUT2D eigenvalue weighted by Gasteiger charge is -2.35. The first-order valence-corrected chi connectivity index (χ1v) is 13.8. The van der Waals surface area contributed by atoms with Gasteiger partial charge in [0, 0.05) is 43.8 Å². The van der Waals surface area contributed by atoms with Gasteiger partial charge in [0.1, 0.15) is 11.4 Å². The maximum atomic E-state index is 15.2. The predicted molar refractivity (Wildman–Crippen MR) is 130 cm³/mol. The molecule has 10 heteroatoms. The van der Waals surface area contributed by atoms with E-state index in [9.17, 15) is 18.0 Å². The molecule has 1 aromatic heterocycles. The number of benzene rings is 1. The summed E-state index contributed by atoms with van der Waals surface area (Å²) >= 11 is 0. The number of hydrogen-bond acceptors (Lipinski definition) is 6. The summed E-state index contributed by atoms with van der Waals surface area (Å²) in [6, 6.07) is 3.17. The fourth-order valence-corrected chi connectivity index (χ4v) is 7.27. The van der Waals surface area contributed by atoms with Crippen molar-refractivity contribution in [2.75, 3.05) is 49.1 Å². The average molecular weight is 491 g/mol. The zero-order chi connectivity index (χ0) is 24.3. The van der Waals surface area contributed by atoms with Gasteiger partial charge in [0.2, 0.25) is 5.43 Å². The number of aromatic nitrogens is 1. The van der Waals surface area contributed by atoms with Crippen LogP contribution in [0.4, 0.5) is 10.1 Å². The lowest BCUT2D eigenvalue weighted by Crippen LogP contribution is -2.48. The van der Waals surface area contributed by atoms with E-state index in [0.29, 0.717) is 30.7 Å². The van der Waals surface area contributed by atoms with Crippen LogP contribution < -0.4 is 15.6 Å². The molecule has 2 saturated heterocycles. The van der Waals surface area contributed by atoms with Crippen molar-refractivity contribution in [3.63, 3.8) is 0 Å². The van der Waals surface area contributed by atoms with Crippen LogP contribution in [0.2, 0.25) is 0 Å². The summed E-state index contributed by atoms with van der Waals surface area (Å²) in [6.07, 6.45) is 3.73. The van der Waals surface area contributed by atoms with Crippen molar-refractivity contribution in [3.8, 4) is 0 Å². The molecule has 1 amide bonds.